The quantitative estimate of drug-likeness (QED) is 0.778. The smallest absolute Gasteiger partial charge is 0.261 e. The number of aromatic amines is 1. The average Bonchev–Trinajstić information content (AvgIpc) is 2.91. The van der Waals surface area contributed by atoms with Gasteiger partial charge in [0.25, 0.3) is 11.5 Å². The van der Waals surface area contributed by atoms with Crippen molar-refractivity contribution in [3.8, 4) is 0 Å². The van der Waals surface area contributed by atoms with Crippen LogP contribution in [-0.4, -0.2) is 22.0 Å². The molecule has 2 aromatic heterocycles. The van der Waals surface area contributed by atoms with Crippen LogP contribution in [0, 0.1) is 6.92 Å². The van der Waals surface area contributed by atoms with Gasteiger partial charge in [0.2, 0.25) is 0 Å². The molecule has 0 aliphatic heterocycles. The summed E-state index contributed by atoms with van der Waals surface area (Å²) in [6, 6.07) is 4.72. The molecule has 0 bridgehead atoms. The van der Waals surface area contributed by atoms with Gasteiger partial charge >= 0.3 is 0 Å². The van der Waals surface area contributed by atoms with E-state index < -0.39 is 17.6 Å². The maximum atomic E-state index is 12.1. The Balaban J connectivity index is 2.01. The normalized spacial score (nSPS) is 13.7. The SMILES string of the molecule is Cc1cc[nH]c(=O)c1C(=O)NC(C)CC(O)c1ccco1. The van der Waals surface area contributed by atoms with Crippen molar-refractivity contribution in [3.05, 3.63) is 57.9 Å². The largest absolute Gasteiger partial charge is 0.467 e. The van der Waals surface area contributed by atoms with E-state index in [0.717, 1.165) is 0 Å². The van der Waals surface area contributed by atoms with Gasteiger partial charge in [0.05, 0.1) is 6.26 Å². The highest BCUT2D eigenvalue weighted by molar-refractivity contribution is 5.95. The number of furan rings is 1. The first kappa shape index (κ1) is 15.1. The van der Waals surface area contributed by atoms with Crippen LogP contribution in [0.15, 0.2) is 39.9 Å². The number of aliphatic hydroxyl groups is 1. The number of aliphatic hydroxyl groups excluding tert-OH is 1. The van der Waals surface area contributed by atoms with E-state index in [9.17, 15) is 14.7 Å². The molecule has 0 fully saturated rings. The summed E-state index contributed by atoms with van der Waals surface area (Å²) in [7, 11) is 0. The van der Waals surface area contributed by atoms with E-state index in [-0.39, 0.29) is 11.6 Å². The number of aromatic nitrogens is 1. The molecule has 0 saturated heterocycles. The third-order valence-corrected chi connectivity index (χ3v) is 3.22. The lowest BCUT2D eigenvalue weighted by atomic mass is 10.1. The highest BCUT2D eigenvalue weighted by atomic mass is 16.4. The van der Waals surface area contributed by atoms with Crippen LogP contribution < -0.4 is 10.9 Å². The van der Waals surface area contributed by atoms with Crippen LogP contribution in [0.25, 0.3) is 0 Å². The van der Waals surface area contributed by atoms with E-state index >= 15 is 0 Å². The van der Waals surface area contributed by atoms with Crippen molar-refractivity contribution >= 4 is 5.91 Å². The van der Waals surface area contributed by atoms with Crippen molar-refractivity contribution in [2.24, 2.45) is 0 Å². The van der Waals surface area contributed by atoms with Crippen LogP contribution in [0.4, 0.5) is 0 Å². The van der Waals surface area contributed by atoms with Crippen LogP contribution >= 0.6 is 0 Å². The molecule has 0 radical (unpaired) electrons. The molecule has 0 aliphatic rings. The summed E-state index contributed by atoms with van der Waals surface area (Å²) in [5, 5.41) is 12.7. The van der Waals surface area contributed by atoms with Crippen molar-refractivity contribution in [1.82, 2.24) is 10.3 Å². The van der Waals surface area contributed by atoms with Crippen LogP contribution in [0.3, 0.4) is 0 Å². The molecule has 2 aromatic rings. The molecule has 2 atom stereocenters. The molecule has 2 heterocycles. The summed E-state index contributed by atoms with van der Waals surface area (Å²) in [4.78, 5) is 26.3. The van der Waals surface area contributed by atoms with Gasteiger partial charge in [-0.3, -0.25) is 9.59 Å². The van der Waals surface area contributed by atoms with Crippen LogP contribution in [0.2, 0.25) is 0 Å². The predicted molar refractivity (Wildman–Crippen MR) is 77.0 cm³/mol. The number of rotatable bonds is 5. The number of pyridine rings is 1. The Labute approximate surface area is 121 Å². The first-order valence-electron chi connectivity index (χ1n) is 6.69. The van der Waals surface area contributed by atoms with E-state index in [1.54, 1.807) is 32.0 Å². The molecule has 2 unspecified atom stereocenters. The monoisotopic (exact) mass is 290 g/mol. The summed E-state index contributed by atoms with van der Waals surface area (Å²) in [6.07, 6.45) is 2.47. The fourth-order valence-corrected chi connectivity index (χ4v) is 2.15. The number of H-pyrrole nitrogens is 1. The third-order valence-electron chi connectivity index (χ3n) is 3.22. The number of nitrogens with one attached hydrogen (secondary N) is 2. The van der Waals surface area contributed by atoms with E-state index in [1.165, 1.54) is 12.5 Å². The summed E-state index contributed by atoms with van der Waals surface area (Å²) >= 11 is 0. The standard InChI is InChI=1S/C15H18N2O4/c1-9-5-6-16-14(19)13(9)15(20)17-10(2)8-11(18)12-4-3-7-21-12/h3-7,10-11,18H,8H2,1-2H3,(H,16,19)(H,17,20). The second-order valence-electron chi connectivity index (χ2n) is 5.01. The molecular weight excluding hydrogens is 272 g/mol. The Morgan fingerprint density at radius 2 is 2.24 bits per heavy atom. The second-order valence-corrected chi connectivity index (χ2v) is 5.01. The topological polar surface area (TPSA) is 95.3 Å². The Hall–Kier alpha value is -2.34. The van der Waals surface area contributed by atoms with Gasteiger partial charge in [0.15, 0.2) is 0 Å². The number of hydrogen-bond donors (Lipinski definition) is 3. The minimum atomic E-state index is -0.801. The van der Waals surface area contributed by atoms with Gasteiger partial charge in [0.1, 0.15) is 17.4 Å². The Morgan fingerprint density at radius 3 is 2.86 bits per heavy atom. The fraction of sp³-hybridized carbons (Fsp3) is 0.333. The predicted octanol–water partition coefficient (Wildman–Crippen LogP) is 1.52. The molecule has 0 spiro atoms. The van der Waals surface area contributed by atoms with Crippen molar-refractivity contribution in [1.29, 1.82) is 0 Å². The first-order valence-corrected chi connectivity index (χ1v) is 6.69. The summed E-state index contributed by atoms with van der Waals surface area (Å²) in [5.74, 6) is -0.00154. The van der Waals surface area contributed by atoms with Gasteiger partial charge in [-0.15, -0.1) is 0 Å². The number of carbonyl (C=O) groups is 1. The lowest BCUT2D eigenvalue weighted by molar-refractivity contribution is 0.0901. The average molecular weight is 290 g/mol. The van der Waals surface area contributed by atoms with Gasteiger partial charge in [-0.1, -0.05) is 0 Å². The Morgan fingerprint density at radius 1 is 1.48 bits per heavy atom. The van der Waals surface area contributed by atoms with Gasteiger partial charge in [-0.2, -0.15) is 0 Å². The molecule has 0 saturated carbocycles. The molecule has 6 nitrogen and oxygen atoms in total. The highest BCUT2D eigenvalue weighted by Crippen LogP contribution is 2.18. The van der Waals surface area contributed by atoms with Crippen LogP contribution in [0.5, 0.6) is 0 Å². The lowest BCUT2D eigenvalue weighted by Gasteiger charge is -2.17. The first-order chi connectivity index (χ1) is 9.99. The van der Waals surface area contributed by atoms with E-state index in [2.05, 4.69) is 10.3 Å². The summed E-state index contributed by atoms with van der Waals surface area (Å²) in [6.45, 7) is 3.46. The highest BCUT2D eigenvalue weighted by Gasteiger charge is 2.19. The molecular formula is C15H18N2O4. The van der Waals surface area contributed by atoms with E-state index in [1.807, 2.05) is 0 Å². The Kier molecular flexibility index (Phi) is 4.59. The number of amides is 1. The van der Waals surface area contributed by atoms with Crippen LogP contribution in [0.1, 0.15) is 41.1 Å². The van der Waals surface area contributed by atoms with Crippen LogP contribution in [-0.2, 0) is 0 Å². The minimum absolute atomic E-state index is 0.0943. The van der Waals surface area contributed by atoms with Gasteiger partial charge in [0, 0.05) is 18.7 Å². The van der Waals surface area contributed by atoms with Gasteiger partial charge in [-0.25, -0.2) is 0 Å². The molecule has 21 heavy (non-hydrogen) atoms. The number of aryl methyl sites for hydroxylation is 1. The Bertz CT molecular complexity index is 661. The molecule has 3 N–H and O–H groups in total. The number of hydrogen-bond acceptors (Lipinski definition) is 4. The van der Waals surface area contributed by atoms with Crippen molar-refractivity contribution < 1.29 is 14.3 Å². The summed E-state index contributed by atoms with van der Waals surface area (Å²) < 4.78 is 5.11. The minimum Gasteiger partial charge on any atom is -0.467 e. The maximum Gasteiger partial charge on any atom is 0.261 e. The van der Waals surface area contributed by atoms with Gasteiger partial charge < -0.3 is 19.8 Å². The zero-order chi connectivity index (χ0) is 15.4. The zero-order valence-electron chi connectivity index (χ0n) is 11.9. The molecule has 112 valence electrons. The fourth-order valence-electron chi connectivity index (χ4n) is 2.15. The third kappa shape index (κ3) is 3.61. The molecule has 1 amide bonds. The van der Waals surface area contributed by atoms with Crippen molar-refractivity contribution in [3.63, 3.8) is 0 Å². The molecule has 6 heteroatoms. The molecule has 0 aliphatic carbocycles. The van der Waals surface area contributed by atoms with E-state index in [0.29, 0.717) is 17.7 Å². The van der Waals surface area contributed by atoms with Crippen molar-refractivity contribution in [2.45, 2.75) is 32.4 Å². The summed E-state index contributed by atoms with van der Waals surface area (Å²) in [5.41, 5.74) is 0.276. The zero-order valence-corrected chi connectivity index (χ0v) is 11.9. The lowest BCUT2D eigenvalue weighted by Crippen LogP contribution is -2.37. The molecule has 0 aromatic carbocycles. The van der Waals surface area contributed by atoms with Gasteiger partial charge in [-0.05, 0) is 37.6 Å². The number of carbonyl (C=O) groups excluding carboxylic acids is 1. The maximum absolute atomic E-state index is 12.1. The van der Waals surface area contributed by atoms with Crippen molar-refractivity contribution in [2.75, 3.05) is 0 Å². The molecule has 2 rings (SSSR count). The second kappa shape index (κ2) is 6.41. The van der Waals surface area contributed by atoms with E-state index in [4.69, 9.17) is 4.42 Å².